The summed E-state index contributed by atoms with van der Waals surface area (Å²) in [6.07, 6.45) is -0.217. The monoisotopic (exact) mass is 336 g/mol. The van der Waals surface area contributed by atoms with E-state index in [4.69, 9.17) is 5.26 Å². The van der Waals surface area contributed by atoms with Crippen molar-refractivity contribution < 1.29 is 17.6 Å². The van der Waals surface area contributed by atoms with Gasteiger partial charge in [-0.3, -0.25) is 9.48 Å². The van der Waals surface area contributed by atoms with E-state index < -0.39 is 27.5 Å². The molecule has 0 spiro atoms. The number of nitriles is 1. The standard InChI is InChI=1S/C14H13FN4O3S/c1-19-13(10-3-5-11(15)6-4-10)9-12(17-19)14(20)18-23(21,22)8-2-7-16/h3-6,9H,2,8H2,1H3,(H,18,20). The SMILES string of the molecule is Cn1nc(C(=O)NS(=O)(=O)CCC#N)cc1-c1ccc(F)cc1. The molecule has 0 aliphatic carbocycles. The zero-order valence-electron chi connectivity index (χ0n) is 12.2. The minimum Gasteiger partial charge on any atom is -0.267 e. The number of sulfonamides is 1. The first-order valence-corrected chi connectivity index (χ1v) is 8.19. The highest BCUT2D eigenvalue weighted by Gasteiger charge is 2.19. The molecular weight excluding hydrogens is 323 g/mol. The first-order valence-electron chi connectivity index (χ1n) is 6.54. The topological polar surface area (TPSA) is 105 Å². The van der Waals surface area contributed by atoms with Crippen molar-refractivity contribution in [2.45, 2.75) is 6.42 Å². The molecule has 1 aromatic heterocycles. The van der Waals surface area contributed by atoms with Crippen molar-refractivity contribution in [2.75, 3.05) is 5.75 Å². The lowest BCUT2D eigenvalue weighted by Crippen LogP contribution is -2.32. The third kappa shape index (κ3) is 4.14. The summed E-state index contributed by atoms with van der Waals surface area (Å²) in [4.78, 5) is 12.0. The van der Waals surface area contributed by atoms with Crippen molar-refractivity contribution in [1.82, 2.24) is 14.5 Å². The van der Waals surface area contributed by atoms with Crippen LogP contribution in [0.1, 0.15) is 16.9 Å². The molecule has 23 heavy (non-hydrogen) atoms. The predicted molar refractivity (Wildman–Crippen MR) is 80.1 cm³/mol. The Labute approximate surface area is 132 Å². The Hall–Kier alpha value is -2.73. The minimum atomic E-state index is -3.89. The number of nitrogens with zero attached hydrogens (tertiary/aromatic N) is 3. The molecule has 1 N–H and O–H groups in total. The van der Waals surface area contributed by atoms with Crippen LogP contribution in [-0.2, 0) is 17.1 Å². The summed E-state index contributed by atoms with van der Waals surface area (Å²) >= 11 is 0. The second-order valence-corrected chi connectivity index (χ2v) is 6.55. The number of halogens is 1. The number of hydrogen-bond donors (Lipinski definition) is 1. The van der Waals surface area contributed by atoms with E-state index in [9.17, 15) is 17.6 Å². The van der Waals surface area contributed by atoms with E-state index >= 15 is 0 Å². The van der Waals surface area contributed by atoms with Crippen molar-refractivity contribution >= 4 is 15.9 Å². The van der Waals surface area contributed by atoms with Crippen LogP contribution in [0.15, 0.2) is 30.3 Å². The van der Waals surface area contributed by atoms with Crippen LogP contribution in [0.2, 0.25) is 0 Å². The predicted octanol–water partition coefficient (Wildman–Crippen LogP) is 1.20. The number of amides is 1. The van der Waals surface area contributed by atoms with Crippen LogP contribution in [0, 0.1) is 17.1 Å². The molecule has 0 radical (unpaired) electrons. The summed E-state index contributed by atoms with van der Waals surface area (Å²) < 4.78 is 39.4. The summed E-state index contributed by atoms with van der Waals surface area (Å²) in [5.41, 5.74) is 1.07. The lowest BCUT2D eigenvalue weighted by molar-refractivity contribution is 0.0976. The molecule has 1 aromatic carbocycles. The minimum absolute atomic E-state index is 0.0904. The Morgan fingerprint density at radius 3 is 2.65 bits per heavy atom. The van der Waals surface area contributed by atoms with Crippen LogP contribution in [0.5, 0.6) is 0 Å². The first-order chi connectivity index (χ1) is 10.8. The third-order valence-electron chi connectivity index (χ3n) is 2.98. The van der Waals surface area contributed by atoms with E-state index in [2.05, 4.69) is 5.10 Å². The van der Waals surface area contributed by atoms with Gasteiger partial charge in [0, 0.05) is 7.05 Å². The molecule has 1 amide bonds. The fourth-order valence-corrected chi connectivity index (χ4v) is 2.74. The van der Waals surface area contributed by atoms with E-state index in [1.54, 1.807) is 13.1 Å². The maximum Gasteiger partial charge on any atom is 0.285 e. The highest BCUT2D eigenvalue weighted by atomic mass is 32.2. The summed E-state index contributed by atoms with van der Waals surface area (Å²) in [5.74, 6) is -1.74. The van der Waals surface area contributed by atoms with E-state index in [0.29, 0.717) is 11.3 Å². The third-order valence-corrected chi connectivity index (χ3v) is 4.22. The van der Waals surface area contributed by atoms with Gasteiger partial charge in [0.1, 0.15) is 5.82 Å². The number of aryl methyl sites for hydroxylation is 1. The first kappa shape index (κ1) is 16.6. The van der Waals surface area contributed by atoms with Gasteiger partial charge in [-0.1, -0.05) is 0 Å². The van der Waals surface area contributed by atoms with Gasteiger partial charge in [-0.25, -0.2) is 17.5 Å². The zero-order chi connectivity index (χ0) is 17.0. The lowest BCUT2D eigenvalue weighted by Gasteiger charge is -2.02. The molecule has 0 fully saturated rings. The van der Waals surface area contributed by atoms with Gasteiger partial charge in [0.15, 0.2) is 5.69 Å². The fraction of sp³-hybridized carbons (Fsp3) is 0.214. The van der Waals surface area contributed by atoms with Crippen LogP contribution >= 0.6 is 0 Å². The average Bonchev–Trinajstić information content (AvgIpc) is 2.88. The Morgan fingerprint density at radius 1 is 1.39 bits per heavy atom. The number of nitrogens with one attached hydrogen (secondary N) is 1. The summed E-state index contributed by atoms with van der Waals surface area (Å²) in [7, 11) is -2.30. The van der Waals surface area contributed by atoms with Crippen molar-refractivity contribution in [3.8, 4) is 17.3 Å². The number of aromatic nitrogens is 2. The van der Waals surface area contributed by atoms with Gasteiger partial charge in [0.25, 0.3) is 5.91 Å². The number of carbonyl (C=O) groups is 1. The molecule has 1 heterocycles. The van der Waals surface area contributed by atoms with Gasteiger partial charge in [-0.15, -0.1) is 0 Å². The molecule has 0 unspecified atom stereocenters. The Bertz CT molecular complexity index is 866. The summed E-state index contributed by atoms with van der Waals surface area (Å²) in [5, 5.41) is 12.4. The molecule has 0 bridgehead atoms. The van der Waals surface area contributed by atoms with Crippen LogP contribution in [0.3, 0.4) is 0 Å². The second-order valence-electron chi connectivity index (χ2n) is 4.70. The van der Waals surface area contributed by atoms with Gasteiger partial charge in [0.05, 0.1) is 23.9 Å². The quantitative estimate of drug-likeness (QED) is 0.883. The Morgan fingerprint density at radius 2 is 2.04 bits per heavy atom. The number of benzene rings is 1. The van der Waals surface area contributed by atoms with Gasteiger partial charge in [-0.05, 0) is 35.9 Å². The Kier molecular flexibility index (Phi) is 4.76. The van der Waals surface area contributed by atoms with Crippen molar-refractivity contribution in [3.63, 3.8) is 0 Å². The van der Waals surface area contributed by atoms with Crippen molar-refractivity contribution in [1.29, 1.82) is 5.26 Å². The smallest absolute Gasteiger partial charge is 0.267 e. The van der Waals surface area contributed by atoms with Gasteiger partial charge >= 0.3 is 0 Å². The van der Waals surface area contributed by atoms with E-state index in [1.165, 1.54) is 35.0 Å². The number of hydrogen-bond acceptors (Lipinski definition) is 5. The summed E-state index contributed by atoms with van der Waals surface area (Å²) in [6, 6.07) is 8.70. The van der Waals surface area contributed by atoms with Crippen LogP contribution in [0.4, 0.5) is 4.39 Å². The van der Waals surface area contributed by atoms with Gasteiger partial charge in [-0.2, -0.15) is 10.4 Å². The molecule has 120 valence electrons. The average molecular weight is 336 g/mol. The molecule has 7 nitrogen and oxygen atoms in total. The second kappa shape index (κ2) is 6.58. The van der Waals surface area contributed by atoms with Crippen LogP contribution in [0.25, 0.3) is 11.3 Å². The molecule has 2 rings (SSSR count). The zero-order valence-corrected chi connectivity index (χ0v) is 13.0. The molecule has 0 saturated heterocycles. The summed E-state index contributed by atoms with van der Waals surface area (Å²) in [6.45, 7) is 0. The molecule has 0 saturated carbocycles. The normalized spacial score (nSPS) is 11.0. The maximum absolute atomic E-state index is 12.9. The highest BCUT2D eigenvalue weighted by molar-refractivity contribution is 7.90. The van der Waals surface area contributed by atoms with Gasteiger partial charge < -0.3 is 0 Å². The van der Waals surface area contributed by atoms with Gasteiger partial charge in [0.2, 0.25) is 10.0 Å². The highest BCUT2D eigenvalue weighted by Crippen LogP contribution is 2.20. The molecule has 0 atom stereocenters. The largest absolute Gasteiger partial charge is 0.285 e. The fourth-order valence-electron chi connectivity index (χ4n) is 1.89. The lowest BCUT2D eigenvalue weighted by atomic mass is 10.1. The molecule has 0 aliphatic rings. The van der Waals surface area contributed by atoms with Crippen molar-refractivity contribution in [2.24, 2.45) is 7.05 Å². The van der Waals surface area contributed by atoms with E-state index in [1.807, 2.05) is 4.72 Å². The molecule has 2 aromatic rings. The maximum atomic E-state index is 12.9. The number of rotatable bonds is 5. The van der Waals surface area contributed by atoms with Crippen molar-refractivity contribution in [3.05, 3.63) is 41.8 Å². The molecule has 0 aliphatic heterocycles. The van der Waals surface area contributed by atoms with Crippen LogP contribution in [-0.4, -0.2) is 29.9 Å². The Balaban J connectivity index is 2.22. The molecule has 9 heteroatoms. The van der Waals surface area contributed by atoms with Crippen LogP contribution < -0.4 is 4.72 Å². The number of carbonyl (C=O) groups excluding carboxylic acids is 1. The van der Waals surface area contributed by atoms with E-state index in [-0.39, 0.29) is 12.1 Å². The molecular formula is C14H13FN4O3S. The van der Waals surface area contributed by atoms with E-state index in [0.717, 1.165) is 0 Å².